The molecule has 0 aliphatic carbocycles. The lowest BCUT2D eigenvalue weighted by Gasteiger charge is -2.21. The molecule has 0 fully saturated rings. The van der Waals surface area contributed by atoms with Crippen LogP contribution in [0.1, 0.15) is 41.7 Å². The number of aromatic nitrogens is 1. The van der Waals surface area contributed by atoms with E-state index >= 15 is 0 Å². The SMILES string of the molecule is C[C@H](NC(=O)Cc1cc(F)cc(F)c1)C(=O)NC(=O)[C@H](Cc1ccccc1)NCCN(C)C.C[C@H](NC(=O)Cc1cc(F)cc(F)c1)C(=O)NC(=O)[C@H](Cc1ccccc1)NCc1ccncc1. The minimum atomic E-state index is -1.04. The van der Waals surface area contributed by atoms with Crippen LogP contribution in [0, 0.1) is 23.3 Å². The van der Waals surface area contributed by atoms with Gasteiger partial charge in [0.15, 0.2) is 0 Å². The van der Waals surface area contributed by atoms with Gasteiger partial charge in [-0.3, -0.25) is 44.4 Å². The first kappa shape index (κ1) is 53.5. The maximum atomic E-state index is 13.3. The van der Waals surface area contributed by atoms with Crippen LogP contribution in [0.5, 0.6) is 0 Å². The van der Waals surface area contributed by atoms with Gasteiger partial charge in [-0.25, -0.2) is 17.6 Å². The van der Waals surface area contributed by atoms with E-state index in [1.165, 1.54) is 13.8 Å². The van der Waals surface area contributed by atoms with E-state index in [-0.39, 0.29) is 24.0 Å². The Hall–Kier alpha value is -7.15. The summed E-state index contributed by atoms with van der Waals surface area (Å²) < 4.78 is 53.3. The molecule has 1 aromatic heterocycles. The molecule has 0 aliphatic heterocycles. The van der Waals surface area contributed by atoms with E-state index in [0.29, 0.717) is 44.6 Å². The first-order valence-electron chi connectivity index (χ1n) is 21.7. The van der Waals surface area contributed by atoms with Crippen molar-refractivity contribution in [2.75, 3.05) is 27.2 Å². The normalized spacial score (nSPS) is 12.6. The van der Waals surface area contributed by atoms with Crippen LogP contribution in [-0.2, 0) is 61.0 Å². The van der Waals surface area contributed by atoms with Crippen LogP contribution >= 0.6 is 0 Å². The molecule has 68 heavy (non-hydrogen) atoms. The highest BCUT2D eigenvalue weighted by Crippen LogP contribution is 2.11. The Morgan fingerprint density at radius 2 is 0.912 bits per heavy atom. The van der Waals surface area contributed by atoms with Crippen molar-refractivity contribution in [3.05, 3.63) is 173 Å². The number of benzene rings is 4. The van der Waals surface area contributed by atoms with Gasteiger partial charge in [0, 0.05) is 44.2 Å². The molecule has 0 radical (unpaired) electrons. The summed E-state index contributed by atoms with van der Waals surface area (Å²) in [5, 5.41) is 15.9. The highest BCUT2D eigenvalue weighted by atomic mass is 19.1. The summed E-state index contributed by atoms with van der Waals surface area (Å²) in [6.07, 6.45) is 3.41. The quantitative estimate of drug-likeness (QED) is 0.0590. The van der Waals surface area contributed by atoms with Crippen molar-refractivity contribution >= 4 is 35.4 Å². The molecule has 0 bridgehead atoms. The molecule has 0 saturated heterocycles. The molecule has 6 amide bonds. The first-order chi connectivity index (χ1) is 32.4. The summed E-state index contributed by atoms with van der Waals surface area (Å²) in [5.41, 5.74) is 3.04. The van der Waals surface area contributed by atoms with Crippen LogP contribution in [0.2, 0.25) is 0 Å². The lowest BCUT2D eigenvalue weighted by atomic mass is 10.0. The van der Waals surface area contributed by atoms with E-state index in [9.17, 15) is 46.3 Å². The highest BCUT2D eigenvalue weighted by Gasteiger charge is 2.26. The average molecular weight is 941 g/mol. The van der Waals surface area contributed by atoms with Crippen molar-refractivity contribution in [1.29, 1.82) is 0 Å². The zero-order valence-corrected chi connectivity index (χ0v) is 38.2. The van der Waals surface area contributed by atoms with Crippen LogP contribution < -0.4 is 31.9 Å². The number of pyridine rings is 1. The van der Waals surface area contributed by atoms with Crippen LogP contribution in [-0.4, -0.2) is 96.7 Å². The Bertz CT molecular complexity index is 2410. The molecule has 4 aromatic carbocycles. The summed E-state index contributed by atoms with van der Waals surface area (Å²) in [7, 11) is 3.83. The minimum Gasteiger partial charge on any atom is -0.344 e. The molecule has 5 rings (SSSR count). The number of hydrogen-bond acceptors (Lipinski definition) is 10. The van der Waals surface area contributed by atoms with Crippen molar-refractivity contribution in [3.8, 4) is 0 Å². The molecule has 0 spiro atoms. The summed E-state index contributed by atoms with van der Waals surface area (Å²) in [4.78, 5) is 81.1. The second-order valence-electron chi connectivity index (χ2n) is 16.2. The second-order valence-corrected chi connectivity index (χ2v) is 16.2. The molecular weight excluding hydrogens is 885 g/mol. The van der Waals surface area contributed by atoms with Gasteiger partial charge in [0.2, 0.25) is 35.4 Å². The van der Waals surface area contributed by atoms with Gasteiger partial charge >= 0.3 is 0 Å². The summed E-state index contributed by atoms with van der Waals surface area (Å²) in [5.74, 6) is -6.80. The van der Waals surface area contributed by atoms with Gasteiger partial charge in [0.05, 0.1) is 24.9 Å². The number of likely N-dealkylation sites (N-methyl/N-ethyl adjacent to an activating group) is 1. The number of nitrogens with zero attached hydrogens (tertiary/aromatic N) is 2. The zero-order chi connectivity index (χ0) is 49.6. The van der Waals surface area contributed by atoms with Gasteiger partial charge in [-0.2, -0.15) is 0 Å². The predicted octanol–water partition coefficient (Wildman–Crippen LogP) is 3.87. The molecule has 14 nitrogen and oxygen atoms in total. The largest absolute Gasteiger partial charge is 0.344 e. The standard InChI is InChI=1S/C26H26F2N4O3.C24H30F2N4O3/c1-17(31-24(33)14-20-11-21(27)15-22(28)12-20)25(34)32-26(35)23(13-18-5-3-2-4-6-18)30-16-19-7-9-29-10-8-19;1-16(28-22(31)14-18-11-19(25)15-20(26)12-18)23(32)29-24(33)21(27-9-10-30(2)3)13-17-7-5-4-6-8-17/h2-12,15,17,23,30H,13-14,16H2,1H3,(H,31,33)(H,32,34,35);4-8,11-12,15-16,21,27H,9-10,13-14H2,1-3H3,(H,28,31)(H,29,32,33)/t17-,23-;16-,21-/m00/s1. The van der Waals surface area contributed by atoms with Gasteiger partial charge in [-0.15, -0.1) is 0 Å². The van der Waals surface area contributed by atoms with E-state index in [4.69, 9.17) is 0 Å². The van der Waals surface area contributed by atoms with Crippen molar-refractivity contribution < 1.29 is 46.3 Å². The molecule has 18 heteroatoms. The monoisotopic (exact) mass is 940 g/mol. The van der Waals surface area contributed by atoms with Gasteiger partial charge in [-0.1, -0.05) is 60.7 Å². The summed E-state index contributed by atoms with van der Waals surface area (Å²) in [6, 6.07) is 24.6. The lowest BCUT2D eigenvalue weighted by molar-refractivity contribution is -0.135. The Kier molecular flexibility index (Phi) is 21.6. The predicted molar refractivity (Wildman–Crippen MR) is 247 cm³/mol. The topological polar surface area (TPSA) is 191 Å². The fraction of sp³-hybridized carbons (Fsp3) is 0.300. The third-order valence-electron chi connectivity index (χ3n) is 10.1. The second kappa shape index (κ2) is 27.5. The van der Waals surface area contributed by atoms with E-state index < -0.39 is 82.9 Å². The lowest BCUT2D eigenvalue weighted by Crippen LogP contribution is -2.53. The highest BCUT2D eigenvalue weighted by molar-refractivity contribution is 6.02. The summed E-state index contributed by atoms with van der Waals surface area (Å²) >= 11 is 0. The van der Waals surface area contributed by atoms with Crippen LogP contribution in [0.25, 0.3) is 0 Å². The number of nitrogens with one attached hydrogen (secondary N) is 6. The number of rotatable bonds is 21. The van der Waals surface area contributed by atoms with Crippen molar-refractivity contribution in [3.63, 3.8) is 0 Å². The van der Waals surface area contributed by atoms with E-state index in [1.807, 2.05) is 91.8 Å². The number of carbonyl (C=O) groups is 6. The van der Waals surface area contributed by atoms with Crippen molar-refractivity contribution in [1.82, 2.24) is 41.8 Å². The molecule has 4 atom stereocenters. The molecule has 6 N–H and O–H groups in total. The maximum Gasteiger partial charge on any atom is 0.248 e. The number of imide groups is 2. The number of hydrogen-bond donors (Lipinski definition) is 6. The zero-order valence-electron chi connectivity index (χ0n) is 38.2. The Labute approximate surface area is 392 Å². The van der Waals surface area contributed by atoms with Gasteiger partial charge in [0.25, 0.3) is 0 Å². The molecule has 0 saturated carbocycles. The first-order valence-corrected chi connectivity index (χ1v) is 21.7. The van der Waals surface area contributed by atoms with Crippen molar-refractivity contribution in [2.45, 2.75) is 70.2 Å². The van der Waals surface area contributed by atoms with Crippen LogP contribution in [0.4, 0.5) is 17.6 Å². The van der Waals surface area contributed by atoms with Crippen molar-refractivity contribution in [2.24, 2.45) is 0 Å². The minimum absolute atomic E-state index is 0.131. The van der Waals surface area contributed by atoms with Gasteiger partial charge < -0.3 is 26.2 Å². The molecule has 1 heterocycles. The van der Waals surface area contributed by atoms with E-state index in [2.05, 4.69) is 36.9 Å². The van der Waals surface area contributed by atoms with E-state index in [0.717, 1.165) is 41.0 Å². The van der Waals surface area contributed by atoms with Crippen LogP contribution in [0.3, 0.4) is 0 Å². The molecular formula is C50H56F4N8O6. The van der Waals surface area contributed by atoms with Crippen LogP contribution in [0.15, 0.2) is 122 Å². The number of carbonyl (C=O) groups excluding carboxylic acids is 6. The molecule has 0 aliphatic rings. The maximum absolute atomic E-state index is 13.3. The fourth-order valence-corrected chi connectivity index (χ4v) is 6.57. The molecule has 360 valence electrons. The number of amides is 6. The van der Waals surface area contributed by atoms with Gasteiger partial charge in [0.1, 0.15) is 35.4 Å². The van der Waals surface area contributed by atoms with Gasteiger partial charge in [-0.05, 0) is 105 Å². The van der Waals surface area contributed by atoms with E-state index in [1.54, 1.807) is 12.4 Å². The molecule has 5 aromatic rings. The Morgan fingerprint density at radius 3 is 1.31 bits per heavy atom. The third-order valence-corrected chi connectivity index (χ3v) is 10.1. The number of halogens is 4. The Balaban J connectivity index is 0.000000297. The molecule has 0 unspecified atom stereocenters. The summed E-state index contributed by atoms with van der Waals surface area (Å²) in [6.45, 7) is 4.49. The third kappa shape index (κ3) is 19.8. The average Bonchev–Trinajstić information content (AvgIpc) is 3.27. The fourth-order valence-electron chi connectivity index (χ4n) is 6.57. The smallest absolute Gasteiger partial charge is 0.248 e. The Morgan fingerprint density at radius 1 is 0.515 bits per heavy atom.